The predicted molar refractivity (Wildman–Crippen MR) is 51.8 cm³/mol. The number of fused-ring (bicyclic) bond motifs is 1. The highest BCUT2D eigenvalue weighted by Crippen LogP contribution is 2.34. The minimum absolute atomic E-state index is 0.179. The molecule has 0 spiro atoms. The van der Waals surface area contributed by atoms with Crippen molar-refractivity contribution in [2.45, 2.75) is 0 Å². The fourth-order valence-electron chi connectivity index (χ4n) is 1.60. The molecule has 1 aromatic rings. The minimum Gasteiger partial charge on any atom is -0.508 e. The first-order valence-corrected chi connectivity index (χ1v) is 4.58. The summed E-state index contributed by atoms with van der Waals surface area (Å²) in [5.74, 6) is 0.889. The standard InChI is InChI=1S/C10H12FNO2/c11-3-4-12-5-6-14-10-2-1-8(13)7-9(10)12/h1-2,7,13H,3-6H2/i11-1. The van der Waals surface area contributed by atoms with Crippen LogP contribution in [0.4, 0.5) is 10.1 Å². The summed E-state index contributed by atoms with van der Waals surface area (Å²) in [6, 6.07) is 4.87. The number of phenols is 1. The van der Waals surface area contributed by atoms with E-state index in [4.69, 9.17) is 4.74 Å². The van der Waals surface area contributed by atoms with E-state index in [0.29, 0.717) is 25.4 Å². The third-order valence-electron chi connectivity index (χ3n) is 2.26. The zero-order valence-corrected chi connectivity index (χ0v) is 7.74. The lowest BCUT2D eigenvalue weighted by molar-refractivity contribution is 0.303. The maximum atomic E-state index is 12.2. The lowest BCUT2D eigenvalue weighted by Gasteiger charge is -2.30. The van der Waals surface area contributed by atoms with E-state index in [2.05, 4.69) is 0 Å². The molecule has 1 aliphatic rings. The zero-order valence-electron chi connectivity index (χ0n) is 7.74. The number of aromatic hydroxyl groups is 1. The lowest BCUT2D eigenvalue weighted by atomic mass is 10.2. The fraction of sp³-hybridized carbons (Fsp3) is 0.400. The summed E-state index contributed by atoms with van der Waals surface area (Å²) < 4.78 is 17.6. The summed E-state index contributed by atoms with van der Waals surface area (Å²) >= 11 is 0. The first-order chi connectivity index (χ1) is 6.81. The van der Waals surface area contributed by atoms with Crippen molar-refractivity contribution in [3.05, 3.63) is 18.2 Å². The summed E-state index contributed by atoms with van der Waals surface area (Å²) in [6.07, 6.45) is 0. The highest BCUT2D eigenvalue weighted by atomic mass is 18.2. The average molecular weight is 196 g/mol. The molecule has 0 aliphatic carbocycles. The van der Waals surface area contributed by atoms with E-state index in [1.165, 1.54) is 0 Å². The van der Waals surface area contributed by atoms with Gasteiger partial charge in [-0.2, -0.15) is 0 Å². The lowest BCUT2D eigenvalue weighted by Crippen LogP contribution is -2.34. The van der Waals surface area contributed by atoms with E-state index in [9.17, 15) is 9.50 Å². The molecule has 14 heavy (non-hydrogen) atoms. The molecule has 0 atom stereocenters. The first-order valence-electron chi connectivity index (χ1n) is 4.58. The van der Waals surface area contributed by atoms with Crippen LogP contribution >= 0.6 is 0 Å². The minimum atomic E-state index is -0.394. The number of rotatable bonds is 2. The number of hydrogen-bond donors (Lipinski definition) is 1. The number of anilines is 1. The molecule has 3 nitrogen and oxygen atoms in total. The van der Waals surface area contributed by atoms with Crippen molar-refractivity contribution >= 4 is 5.69 Å². The third-order valence-corrected chi connectivity index (χ3v) is 2.26. The zero-order chi connectivity index (χ0) is 9.97. The molecule has 0 unspecified atom stereocenters. The largest absolute Gasteiger partial charge is 0.508 e. The smallest absolute Gasteiger partial charge is 0.142 e. The molecule has 0 fully saturated rings. The van der Waals surface area contributed by atoms with Crippen LogP contribution in [0.3, 0.4) is 0 Å². The van der Waals surface area contributed by atoms with Gasteiger partial charge >= 0.3 is 0 Å². The van der Waals surface area contributed by atoms with Crippen molar-refractivity contribution in [1.29, 1.82) is 0 Å². The van der Waals surface area contributed by atoms with Gasteiger partial charge in [0.05, 0.1) is 12.2 Å². The van der Waals surface area contributed by atoms with Gasteiger partial charge in [-0.25, -0.2) is 4.39 Å². The van der Waals surface area contributed by atoms with Crippen molar-refractivity contribution in [2.75, 3.05) is 31.3 Å². The molecule has 0 bridgehead atoms. The van der Waals surface area contributed by atoms with Gasteiger partial charge in [0, 0.05) is 12.6 Å². The van der Waals surface area contributed by atoms with E-state index in [0.717, 1.165) is 5.69 Å². The topological polar surface area (TPSA) is 32.7 Å². The van der Waals surface area contributed by atoms with Crippen LogP contribution in [0.5, 0.6) is 11.5 Å². The van der Waals surface area contributed by atoms with Crippen molar-refractivity contribution in [3.63, 3.8) is 0 Å². The molecule has 1 N–H and O–H groups in total. The molecule has 1 aliphatic heterocycles. The molecule has 0 aromatic heterocycles. The highest BCUT2D eigenvalue weighted by molar-refractivity contribution is 5.62. The molecule has 2 rings (SSSR count). The SMILES string of the molecule is Oc1ccc2c(c1)N(CC[18F])CCO2. The number of hydrogen-bond acceptors (Lipinski definition) is 3. The number of ether oxygens (including phenoxy) is 1. The van der Waals surface area contributed by atoms with E-state index >= 15 is 0 Å². The van der Waals surface area contributed by atoms with Crippen molar-refractivity contribution in [3.8, 4) is 11.5 Å². The van der Waals surface area contributed by atoms with Gasteiger partial charge in [-0.1, -0.05) is 0 Å². The van der Waals surface area contributed by atoms with Gasteiger partial charge in [0.15, 0.2) is 0 Å². The summed E-state index contributed by atoms with van der Waals surface area (Å²) in [5.41, 5.74) is 0.772. The molecular formula is C10H12FNO2. The normalized spacial score (nSPS) is 14.8. The molecule has 4 heteroatoms. The first kappa shape index (κ1) is 9.12. The van der Waals surface area contributed by atoms with Crippen molar-refractivity contribution < 1.29 is 14.2 Å². The number of phenolic OH excluding ortho intramolecular Hbond substituents is 1. The van der Waals surface area contributed by atoms with Gasteiger partial charge in [0.2, 0.25) is 0 Å². The molecule has 1 heterocycles. The van der Waals surface area contributed by atoms with Crippen molar-refractivity contribution in [1.82, 2.24) is 0 Å². The van der Waals surface area contributed by atoms with Crippen LogP contribution in [0.1, 0.15) is 0 Å². The summed E-state index contributed by atoms with van der Waals surface area (Å²) in [5, 5.41) is 9.30. The monoisotopic (exact) mass is 196 g/mol. The van der Waals surface area contributed by atoms with Crippen LogP contribution < -0.4 is 9.64 Å². The molecule has 0 amide bonds. The molecule has 1 aromatic carbocycles. The maximum Gasteiger partial charge on any atom is 0.142 e. The summed E-state index contributed by atoms with van der Waals surface area (Å²) in [7, 11) is 0. The number of nitrogens with zero attached hydrogens (tertiary/aromatic N) is 1. The number of halogens is 1. The van der Waals surface area contributed by atoms with Gasteiger partial charge < -0.3 is 14.7 Å². The predicted octanol–water partition coefficient (Wildman–Crippen LogP) is 1.56. The van der Waals surface area contributed by atoms with E-state index in [1.54, 1.807) is 18.2 Å². The highest BCUT2D eigenvalue weighted by Gasteiger charge is 2.17. The molecule has 76 valence electrons. The van der Waals surface area contributed by atoms with Crippen LogP contribution in [0.2, 0.25) is 0 Å². The van der Waals surface area contributed by atoms with E-state index < -0.39 is 6.67 Å². The second kappa shape index (κ2) is 3.74. The molecule has 0 saturated heterocycles. The Morgan fingerprint density at radius 2 is 2.36 bits per heavy atom. The van der Waals surface area contributed by atoms with Gasteiger partial charge in [-0.15, -0.1) is 0 Å². The van der Waals surface area contributed by atoms with Gasteiger partial charge in [0.25, 0.3) is 0 Å². The van der Waals surface area contributed by atoms with Gasteiger partial charge in [-0.05, 0) is 12.1 Å². The Hall–Kier alpha value is -1.45. The van der Waals surface area contributed by atoms with Crippen LogP contribution in [0.25, 0.3) is 0 Å². The van der Waals surface area contributed by atoms with E-state index in [-0.39, 0.29) is 5.75 Å². The average Bonchev–Trinajstić information content (AvgIpc) is 2.19. The Morgan fingerprint density at radius 3 is 3.14 bits per heavy atom. The van der Waals surface area contributed by atoms with Gasteiger partial charge in [0.1, 0.15) is 24.8 Å². The molecule has 0 saturated carbocycles. The van der Waals surface area contributed by atoms with Crippen LogP contribution in [0, 0.1) is 0 Å². The molecular weight excluding hydrogens is 184 g/mol. The second-order valence-corrected chi connectivity index (χ2v) is 3.18. The molecule has 0 radical (unpaired) electrons. The Bertz CT molecular complexity index is 330. The summed E-state index contributed by atoms with van der Waals surface area (Å²) in [6.45, 7) is 1.19. The summed E-state index contributed by atoms with van der Waals surface area (Å²) in [4.78, 5) is 1.87. The van der Waals surface area contributed by atoms with Crippen LogP contribution in [0.15, 0.2) is 18.2 Å². The Balaban J connectivity index is 2.32. The van der Waals surface area contributed by atoms with Crippen LogP contribution in [-0.2, 0) is 0 Å². The second-order valence-electron chi connectivity index (χ2n) is 3.18. The van der Waals surface area contributed by atoms with E-state index in [1.807, 2.05) is 4.90 Å². The van der Waals surface area contributed by atoms with Crippen LogP contribution in [-0.4, -0.2) is 31.5 Å². The Morgan fingerprint density at radius 1 is 1.50 bits per heavy atom. The maximum absolute atomic E-state index is 12.2. The number of alkyl halides is 1. The quantitative estimate of drug-likeness (QED) is 0.779. The fourth-order valence-corrected chi connectivity index (χ4v) is 1.60. The van der Waals surface area contributed by atoms with Gasteiger partial charge in [-0.3, -0.25) is 0 Å². The number of benzene rings is 1. The Labute approximate surface area is 81.7 Å². The Kier molecular flexibility index (Phi) is 2.43. The van der Waals surface area contributed by atoms with Crippen molar-refractivity contribution in [2.24, 2.45) is 0 Å². The third kappa shape index (κ3) is 1.60.